The summed E-state index contributed by atoms with van der Waals surface area (Å²) in [7, 11) is 1.31. The highest BCUT2D eigenvalue weighted by Gasteiger charge is 2.03. The maximum absolute atomic E-state index is 10.2. The second-order valence-corrected chi connectivity index (χ2v) is 1.61. The van der Waals surface area contributed by atoms with Gasteiger partial charge in [0.05, 0.1) is 7.05 Å². The second kappa shape index (κ2) is 3.84. The van der Waals surface area contributed by atoms with Crippen LogP contribution in [0.15, 0.2) is 0 Å². The molecule has 0 rings (SSSR count). The van der Waals surface area contributed by atoms with E-state index >= 15 is 0 Å². The van der Waals surface area contributed by atoms with Crippen LogP contribution in [0, 0.1) is 0 Å². The van der Waals surface area contributed by atoms with Crippen molar-refractivity contribution >= 4 is 11.9 Å². The Hall–Kier alpha value is -1.10. The fraction of sp³-hybridized carbons (Fsp3) is 0.600. The Morgan fingerprint density at radius 1 is 1.10 bits per heavy atom. The molecule has 0 aromatic rings. The van der Waals surface area contributed by atoms with E-state index in [0.29, 0.717) is 5.23 Å². The van der Waals surface area contributed by atoms with E-state index in [4.69, 9.17) is 0 Å². The first-order valence-electron chi connectivity index (χ1n) is 2.63. The van der Waals surface area contributed by atoms with Crippen molar-refractivity contribution in [3.63, 3.8) is 0 Å². The summed E-state index contributed by atoms with van der Waals surface area (Å²) in [5, 5.41) is 0.699. The minimum atomic E-state index is -0.538. The number of carbonyl (C=O) groups is 2. The first-order valence-corrected chi connectivity index (χ1v) is 2.63. The van der Waals surface area contributed by atoms with Crippen molar-refractivity contribution in [1.82, 2.24) is 5.23 Å². The predicted octanol–water partition coefficient (Wildman–Crippen LogP) is -0.126. The molecule has 0 saturated carbocycles. The van der Waals surface area contributed by atoms with Gasteiger partial charge in [-0.3, -0.25) is 9.59 Å². The van der Waals surface area contributed by atoms with Crippen molar-refractivity contribution < 1.29 is 19.3 Å². The molecule has 0 aliphatic rings. The first-order chi connectivity index (χ1) is 4.52. The third-order valence-electron chi connectivity index (χ3n) is 0.514. The van der Waals surface area contributed by atoms with Crippen molar-refractivity contribution in [2.45, 2.75) is 13.8 Å². The molecule has 0 spiro atoms. The zero-order valence-corrected chi connectivity index (χ0v) is 6.08. The molecule has 0 aromatic carbocycles. The van der Waals surface area contributed by atoms with Crippen LogP contribution in [-0.4, -0.2) is 24.2 Å². The Balaban J connectivity index is 3.53. The van der Waals surface area contributed by atoms with Gasteiger partial charge in [0, 0.05) is 19.1 Å². The fourth-order valence-electron chi connectivity index (χ4n) is 0.381. The fourth-order valence-corrected chi connectivity index (χ4v) is 0.381. The Bertz CT molecular complexity index is 129. The van der Waals surface area contributed by atoms with Crippen LogP contribution in [0.5, 0.6) is 0 Å². The molecule has 10 heavy (non-hydrogen) atoms. The minimum Gasteiger partial charge on any atom is -0.334 e. The van der Waals surface area contributed by atoms with Gasteiger partial charge in [-0.1, -0.05) is 0 Å². The Labute approximate surface area is 58.4 Å². The molecule has 0 unspecified atom stereocenters. The van der Waals surface area contributed by atoms with E-state index in [1.54, 1.807) is 0 Å². The van der Waals surface area contributed by atoms with Gasteiger partial charge in [-0.15, -0.1) is 0 Å². The van der Waals surface area contributed by atoms with E-state index in [2.05, 4.69) is 9.68 Å². The van der Waals surface area contributed by atoms with E-state index in [-0.39, 0.29) is 0 Å². The van der Waals surface area contributed by atoms with Crippen molar-refractivity contribution in [1.29, 1.82) is 0 Å². The third-order valence-corrected chi connectivity index (χ3v) is 0.514. The summed E-state index contributed by atoms with van der Waals surface area (Å²) >= 11 is 0. The van der Waals surface area contributed by atoms with Gasteiger partial charge in [-0.05, 0) is 0 Å². The Morgan fingerprint density at radius 2 is 1.40 bits per heavy atom. The van der Waals surface area contributed by atoms with Gasteiger partial charge < -0.3 is 9.68 Å². The van der Waals surface area contributed by atoms with Crippen LogP contribution < -0.4 is 0 Å². The lowest BCUT2D eigenvalue weighted by molar-refractivity contribution is -0.309. The van der Waals surface area contributed by atoms with Crippen LogP contribution in [0.3, 0.4) is 0 Å². The maximum atomic E-state index is 10.2. The van der Waals surface area contributed by atoms with Crippen molar-refractivity contribution in [3.05, 3.63) is 0 Å². The van der Waals surface area contributed by atoms with E-state index in [0.717, 1.165) is 0 Å². The molecule has 5 heteroatoms. The lowest BCUT2D eigenvalue weighted by Gasteiger charge is -2.11. The molecule has 58 valence electrons. The highest BCUT2D eigenvalue weighted by molar-refractivity contribution is 5.66. The number of carbonyl (C=O) groups excluding carboxylic acids is 2. The van der Waals surface area contributed by atoms with Gasteiger partial charge in [0.2, 0.25) is 0 Å². The normalized spacial score (nSPS) is 9.20. The number of hydroxylamine groups is 2. The second-order valence-electron chi connectivity index (χ2n) is 1.61. The minimum absolute atomic E-state index is 0.538. The molecule has 0 saturated heterocycles. The topological polar surface area (TPSA) is 55.8 Å². The molecule has 0 atom stereocenters. The molecule has 0 N–H and O–H groups in total. The molecule has 5 nitrogen and oxygen atoms in total. The molecule has 0 heterocycles. The Kier molecular flexibility index (Phi) is 3.42. The maximum Gasteiger partial charge on any atom is 0.326 e. The summed E-state index contributed by atoms with van der Waals surface area (Å²) in [4.78, 5) is 29.0. The molecular weight excluding hydrogens is 138 g/mol. The predicted molar refractivity (Wildman–Crippen MR) is 31.3 cm³/mol. The molecule has 0 amide bonds. The highest BCUT2D eigenvalue weighted by Crippen LogP contribution is 1.87. The molecule has 0 bridgehead atoms. The summed E-state index contributed by atoms with van der Waals surface area (Å²) in [6.07, 6.45) is 0. The van der Waals surface area contributed by atoms with E-state index in [9.17, 15) is 9.59 Å². The quantitative estimate of drug-likeness (QED) is 0.509. The van der Waals surface area contributed by atoms with Crippen LogP contribution in [-0.2, 0) is 19.3 Å². The number of hydrogen-bond donors (Lipinski definition) is 0. The number of rotatable bonds is 2. The van der Waals surface area contributed by atoms with Crippen molar-refractivity contribution in [2.75, 3.05) is 7.05 Å². The summed E-state index contributed by atoms with van der Waals surface area (Å²) < 4.78 is 0. The summed E-state index contributed by atoms with van der Waals surface area (Å²) in [5.41, 5.74) is 0. The zero-order chi connectivity index (χ0) is 8.15. The lowest BCUT2D eigenvalue weighted by atomic mass is 10.8. The number of hydrogen-bond acceptors (Lipinski definition) is 5. The van der Waals surface area contributed by atoms with Crippen LogP contribution in [0.2, 0.25) is 0 Å². The molecule has 0 radical (unpaired) electrons. The SMILES string of the molecule is CC(=O)ON(C)OC(C)=O. The largest absolute Gasteiger partial charge is 0.334 e. The standard InChI is InChI=1S/C5H9NO4/c1-4(7)9-6(3)10-5(2)8/h1-3H3. The first kappa shape index (κ1) is 8.90. The Morgan fingerprint density at radius 3 is 1.60 bits per heavy atom. The van der Waals surface area contributed by atoms with Gasteiger partial charge in [-0.25, -0.2) is 0 Å². The average molecular weight is 147 g/mol. The van der Waals surface area contributed by atoms with Gasteiger partial charge in [-0.2, -0.15) is 0 Å². The summed E-state index contributed by atoms with van der Waals surface area (Å²) in [5.74, 6) is -1.08. The summed E-state index contributed by atoms with van der Waals surface area (Å²) in [6, 6.07) is 0. The molecular formula is C5H9NO4. The molecule has 0 aromatic heterocycles. The van der Waals surface area contributed by atoms with Crippen LogP contribution in [0.25, 0.3) is 0 Å². The smallest absolute Gasteiger partial charge is 0.326 e. The van der Waals surface area contributed by atoms with E-state index in [1.807, 2.05) is 0 Å². The summed E-state index contributed by atoms with van der Waals surface area (Å²) in [6.45, 7) is 2.42. The zero-order valence-electron chi connectivity index (χ0n) is 6.08. The van der Waals surface area contributed by atoms with Gasteiger partial charge in [0.25, 0.3) is 0 Å². The van der Waals surface area contributed by atoms with Crippen LogP contribution in [0.1, 0.15) is 13.8 Å². The van der Waals surface area contributed by atoms with Crippen LogP contribution in [0.4, 0.5) is 0 Å². The van der Waals surface area contributed by atoms with Gasteiger partial charge >= 0.3 is 11.9 Å². The van der Waals surface area contributed by atoms with Crippen molar-refractivity contribution in [2.24, 2.45) is 0 Å². The molecule has 0 aliphatic heterocycles. The van der Waals surface area contributed by atoms with E-state index in [1.165, 1.54) is 20.9 Å². The third kappa shape index (κ3) is 5.04. The number of nitrogens with zero attached hydrogens (tertiary/aromatic N) is 1. The van der Waals surface area contributed by atoms with Gasteiger partial charge in [0.1, 0.15) is 0 Å². The monoisotopic (exact) mass is 147 g/mol. The van der Waals surface area contributed by atoms with E-state index < -0.39 is 11.9 Å². The highest BCUT2D eigenvalue weighted by atomic mass is 17.0. The molecule has 0 aliphatic carbocycles. The van der Waals surface area contributed by atoms with Crippen LogP contribution >= 0.6 is 0 Å². The van der Waals surface area contributed by atoms with Gasteiger partial charge in [0.15, 0.2) is 0 Å². The molecule has 0 fully saturated rings. The van der Waals surface area contributed by atoms with Crippen molar-refractivity contribution in [3.8, 4) is 0 Å². The average Bonchev–Trinajstić information content (AvgIpc) is 1.58. The lowest BCUT2D eigenvalue weighted by Crippen LogP contribution is -2.24.